The Labute approximate surface area is 167 Å². The number of amides is 1. The van der Waals surface area contributed by atoms with Gasteiger partial charge in [-0.25, -0.2) is 4.79 Å². The second kappa shape index (κ2) is 10.5. The number of ether oxygens (including phenoxy) is 3. The van der Waals surface area contributed by atoms with E-state index in [0.29, 0.717) is 36.4 Å². The van der Waals surface area contributed by atoms with E-state index >= 15 is 0 Å². The van der Waals surface area contributed by atoms with Gasteiger partial charge in [0.05, 0.1) is 13.2 Å². The zero-order chi connectivity index (χ0) is 20.6. The minimum Gasteiger partial charge on any atom is -0.490 e. The molecule has 0 aromatic heterocycles. The fourth-order valence-electron chi connectivity index (χ4n) is 3.54. The van der Waals surface area contributed by atoms with E-state index in [-0.39, 0.29) is 12.0 Å². The summed E-state index contributed by atoms with van der Waals surface area (Å²) < 4.78 is 16.7. The van der Waals surface area contributed by atoms with Crippen molar-refractivity contribution in [2.45, 2.75) is 77.4 Å². The first-order valence-electron chi connectivity index (χ1n) is 10.3. The minimum absolute atomic E-state index is 0.0314. The Morgan fingerprint density at radius 1 is 1.14 bits per heavy atom. The largest absolute Gasteiger partial charge is 0.490 e. The maximum atomic E-state index is 13.1. The van der Waals surface area contributed by atoms with Crippen LogP contribution in [0.15, 0.2) is 18.2 Å². The van der Waals surface area contributed by atoms with Crippen LogP contribution in [0, 0.1) is 0 Å². The SMILES string of the molecule is CCOC1(C(=O)Nc2ccc(O[C@H](C)CC)c(C(=O)OC)c2)CCCCCC1. The Balaban J connectivity index is 2.26. The molecule has 1 atom stereocenters. The molecule has 1 aliphatic rings. The van der Waals surface area contributed by atoms with Crippen LogP contribution in [0.3, 0.4) is 0 Å². The first-order valence-corrected chi connectivity index (χ1v) is 10.3. The van der Waals surface area contributed by atoms with Crippen LogP contribution in [-0.4, -0.2) is 37.3 Å². The third-order valence-electron chi connectivity index (χ3n) is 5.29. The van der Waals surface area contributed by atoms with Gasteiger partial charge >= 0.3 is 5.97 Å². The van der Waals surface area contributed by atoms with Crippen LogP contribution in [-0.2, 0) is 14.3 Å². The first-order chi connectivity index (χ1) is 13.5. The topological polar surface area (TPSA) is 73.9 Å². The normalized spacial score (nSPS) is 17.3. The van der Waals surface area contributed by atoms with Crippen molar-refractivity contribution in [3.8, 4) is 5.75 Å². The number of hydrogen-bond donors (Lipinski definition) is 1. The summed E-state index contributed by atoms with van der Waals surface area (Å²) in [7, 11) is 1.33. The average molecular weight is 392 g/mol. The molecule has 28 heavy (non-hydrogen) atoms. The van der Waals surface area contributed by atoms with E-state index in [1.165, 1.54) is 7.11 Å². The zero-order valence-corrected chi connectivity index (χ0v) is 17.5. The minimum atomic E-state index is -0.803. The van der Waals surface area contributed by atoms with E-state index < -0.39 is 11.6 Å². The standard InChI is InChI=1S/C22H33NO5/c1-5-16(3)28-19-12-11-17(15-18(19)20(24)26-4)23-21(25)22(27-6-2)13-9-7-8-10-14-22/h11-12,15-16H,5-10,13-14H2,1-4H3,(H,23,25)/t16-/m1/s1. The predicted molar refractivity (Wildman–Crippen MR) is 109 cm³/mol. The lowest BCUT2D eigenvalue weighted by molar-refractivity contribution is -0.143. The molecule has 0 unspecified atom stereocenters. The van der Waals surface area contributed by atoms with Gasteiger partial charge in [0, 0.05) is 12.3 Å². The molecule has 0 radical (unpaired) electrons. The highest BCUT2D eigenvalue weighted by Crippen LogP contribution is 2.33. The number of carbonyl (C=O) groups excluding carboxylic acids is 2. The molecule has 1 aromatic rings. The van der Waals surface area contributed by atoms with Gasteiger partial charge in [0.25, 0.3) is 5.91 Å². The van der Waals surface area contributed by atoms with E-state index in [1.54, 1.807) is 18.2 Å². The third-order valence-corrected chi connectivity index (χ3v) is 5.29. The highest BCUT2D eigenvalue weighted by molar-refractivity contribution is 5.99. The summed E-state index contributed by atoms with van der Waals surface area (Å²) in [5.41, 5.74) is 0.0277. The van der Waals surface area contributed by atoms with Gasteiger partial charge in [0.15, 0.2) is 0 Å². The molecule has 156 valence electrons. The number of methoxy groups -OCH3 is 1. The van der Waals surface area contributed by atoms with Crippen LogP contribution in [0.1, 0.15) is 76.1 Å². The van der Waals surface area contributed by atoms with Gasteiger partial charge in [0.1, 0.15) is 16.9 Å². The molecule has 6 heteroatoms. The number of hydrogen-bond acceptors (Lipinski definition) is 5. The molecular formula is C22H33NO5. The summed E-state index contributed by atoms with van der Waals surface area (Å²) in [5.74, 6) is -0.195. The maximum Gasteiger partial charge on any atom is 0.341 e. The fourth-order valence-corrected chi connectivity index (χ4v) is 3.54. The van der Waals surface area contributed by atoms with Gasteiger partial charge in [0.2, 0.25) is 0 Å². The highest BCUT2D eigenvalue weighted by Gasteiger charge is 2.39. The summed E-state index contributed by atoms with van der Waals surface area (Å²) in [6.45, 7) is 6.35. The van der Waals surface area contributed by atoms with Crippen molar-refractivity contribution in [1.82, 2.24) is 0 Å². The number of benzene rings is 1. The Morgan fingerprint density at radius 3 is 2.39 bits per heavy atom. The van der Waals surface area contributed by atoms with Crippen LogP contribution in [0.5, 0.6) is 5.75 Å². The van der Waals surface area contributed by atoms with Gasteiger partial charge in [-0.1, -0.05) is 32.6 Å². The van der Waals surface area contributed by atoms with E-state index in [9.17, 15) is 9.59 Å². The maximum absolute atomic E-state index is 13.1. The molecule has 0 bridgehead atoms. The Hall–Kier alpha value is -2.08. The van der Waals surface area contributed by atoms with Crippen LogP contribution in [0.4, 0.5) is 5.69 Å². The van der Waals surface area contributed by atoms with Gasteiger partial charge < -0.3 is 19.5 Å². The lowest BCUT2D eigenvalue weighted by Gasteiger charge is -2.31. The van der Waals surface area contributed by atoms with Crippen molar-refractivity contribution in [3.05, 3.63) is 23.8 Å². The lowest BCUT2D eigenvalue weighted by Crippen LogP contribution is -2.45. The molecule has 0 spiro atoms. The summed E-state index contributed by atoms with van der Waals surface area (Å²) in [5, 5.41) is 2.95. The van der Waals surface area contributed by atoms with Crippen molar-refractivity contribution >= 4 is 17.6 Å². The van der Waals surface area contributed by atoms with E-state index in [0.717, 1.165) is 32.1 Å². The Bertz CT molecular complexity index is 665. The van der Waals surface area contributed by atoms with Crippen molar-refractivity contribution < 1.29 is 23.8 Å². The fraction of sp³-hybridized carbons (Fsp3) is 0.636. The highest BCUT2D eigenvalue weighted by atomic mass is 16.5. The Morgan fingerprint density at radius 2 is 1.82 bits per heavy atom. The smallest absolute Gasteiger partial charge is 0.341 e. The molecular weight excluding hydrogens is 358 g/mol. The second-order valence-corrected chi connectivity index (χ2v) is 7.33. The van der Waals surface area contributed by atoms with Crippen LogP contribution in [0.25, 0.3) is 0 Å². The van der Waals surface area contributed by atoms with Crippen molar-refractivity contribution in [2.75, 3.05) is 19.0 Å². The molecule has 1 amide bonds. The van der Waals surface area contributed by atoms with Crippen molar-refractivity contribution in [2.24, 2.45) is 0 Å². The molecule has 1 saturated carbocycles. The van der Waals surface area contributed by atoms with Crippen LogP contribution < -0.4 is 10.1 Å². The van der Waals surface area contributed by atoms with Gasteiger partial charge in [-0.2, -0.15) is 0 Å². The van der Waals surface area contributed by atoms with Gasteiger partial charge in [-0.15, -0.1) is 0 Å². The summed E-state index contributed by atoms with van der Waals surface area (Å²) in [6, 6.07) is 5.06. The molecule has 1 fully saturated rings. The predicted octanol–water partition coefficient (Wildman–Crippen LogP) is 4.72. The number of anilines is 1. The molecule has 2 rings (SSSR count). The van der Waals surface area contributed by atoms with E-state index in [2.05, 4.69) is 5.32 Å². The average Bonchev–Trinajstić information content (AvgIpc) is 2.95. The summed E-state index contributed by atoms with van der Waals surface area (Å²) in [4.78, 5) is 25.3. The van der Waals surface area contributed by atoms with Crippen molar-refractivity contribution in [3.63, 3.8) is 0 Å². The number of nitrogens with one attached hydrogen (secondary N) is 1. The number of rotatable bonds is 8. The molecule has 0 saturated heterocycles. The Kier molecular flexibility index (Phi) is 8.30. The summed E-state index contributed by atoms with van der Waals surface area (Å²) in [6.07, 6.45) is 6.40. The third kappa shape index (κ3) is 5.47. The van der Waals surface area contributed by atoms with Crippen LogP contribution >= 0.6 is 0 Å². The number of carbonyl (C=O) groups is 2. The van der Waals surface area contributed by atoms with Crippen molar-refractivity contribution in [1.29, 1.82) is 0 Å². The van der Waals surface area contributed by atoms with E-state index in [1.807, 2.05) is 20.8 Å². The lowest BCUT2D eigenvalue weighted by atomic mass is 9.92. The molecule has 6 nitrogen and oxygen atoms in total. The summed E-state index contributed by atoms with van der Waals surface area (Å²) >= 11 is 0. The molecule has 1 aromatic carbocycles. The van der Waals surface area contributed by atoms with Crippen LogP contribution in [0.2, 0.25) is 0 Å². The van der Waals surface area contributed by atoms with Gasteiger partial charge in [-0.3, -0.25) is 4.79 Å². The molecule has 0 aliphatic heterocycles. The second-order valence-electron chi connectivity index (χ2n) is 7.33. The van der Waals surface area contributed by atoms with E-state index in [4.69, 9.17) is 14.2 Å². The zero-order valence-electron chi connectivity index (χ0n) is 17.5. The quantitative estimate of drug-likeness (QED) is 0.513. The molecule has 0 heterocycles. The first kappa shape index (κ1) is 22.2. The monoisotopic (exact) mass is 391 g/mol. The number of esters is 1. The molecule has 1 aliphatic carbocycles. The van der Waals surface area contributed by atoms with Gasteiger partial charge in [-0.05, 0) is 51.3 Å². The molecule has 1 N–H and O–H groups in total.